The van der Waals surface area contributed by atoms with Crippen LogP contribution in [0.25, 0.3) is 0 Å². The summed E-state index contributed by atoms with van der Waals surface area (Å²) in [5.74, 6) is 1.66. The van der Waals surface area contributed by atoms with Crippen molar-refractivity contribution in [2.75, 3.05) is 5.75 Å². The van der Waals surface area contributed by atoms with Crippen LogP contribution in [-0.2, 0) is 0 Å². The highest BCUT2D eigenvalue weighted by Gasteiger charge is 2.04. The fraction of sp³-hybridized carbons (Fsp3) is 0.300. The van der Waals surface area contributed by atoms with Gasteiger partial charge in [-0.3, -0.25) is 0 Å². The van der Waals surface area contributed by atoms with Crippen LogP contribution in [0.3, 0.4) is 0 Å². The van der Waals surface area contributed by atoms with Gasteiger partial charge in [0, 0.05) is 4.90 Å². The minimum atomic E-state index is 0.363. The first-order valence-corrected chi connectivity index (χ1v) is 5.64. The highest BCUT2D eigenvalue weighted by atomic mass is 32.2. The Morgan fingerprint density at radius 3 is 2.50 bits per heavy atom. The van der Waals surface area contributed by atoms with Gasteiger partial charge in [0.1, 0.15) is 5.75 Å². The van der Waals surface area contributed by atoms with Crippen LogP contribution in [0.4, 0.5) is 0 Å². The lowest BCUT2D eigenvalue weighted by atomic mass is 10.3. The van der Waals surface area contributed by atoms with E-state index >= 15 is 0 Å². The molecule has 0 spiro atoms. The molecular weight excluding hydrogens is 168 g/mol. The highest BCUT2D eigenvalue weighted by Crippen LogP contribution is 2.32. The van der Waals surface area contributed by atoms with Crippen LogP contribution >= 0.6 is 10.5 Å². The smallest absolute Gasteiger partial charge is 0.115 e. The molecule has 0 saturated heterocycles. The first-order valence-electron chi connectivity index (χ1n) is 4.18. The van der Waals surface area contributed by atoms with Gasteiger partial charge in [-0.2, -0.15) is 10.5 Å². The molecule has 0 fully saturated rings. The fourth-order valence-electron chi connectivity index (χ4n) is 1.38. The standard InChI is InChI=1S/C10H12OS/c11-9-3-5-10(6-4-9)12-7-1-2-8-12/h3-7,11H,1-2,8H2. The molecule has 0 bridgehead atoms. The van der Waals surface area contributed by atoms with Crippen LogP contribution in [-0.4, -0.2) is 16.2 Å². The Kier molecular flexibility index (Phi) is 2.17. The second-order valence-corrected chi connectivity index (χ2v) is 5.01. The lowest BCUT2D eigenvalue weighted by Gasteiger charge is -2.02. The maximum Gasteiger partial charge on any atom is 0.115 e. The molecule has 0 aliphatic carbocycles. The molecule has 1 aromatic carbocycles. The number of aromatic hydroxyl groups is 1. The number of phenolic OH excluding ortho intramolecular Hbond substituents is 1. The number of hydrogen-bond donors (Lipinski definition) is 1. The van der Waals surface area contributed by atoms with Gasteiger partial charge in [0.2, 0.25) is 0 Å². The van der Waals surface area contributed by atoms with Crippen LogP contribution in [0, 0.1) is 0 Å². The quantitative estimate of drug-likeness (QED) is 0.659. The van der Waals surface area contributed by atoms with Crippen molar-refractivity contribution in [2.24, 2.45) is 0 Å². The Labute approximate surface area is 75.0 Å². The molecule has 1 aliphatic heterocycles. The summed E-state index contributed by atoms with van der Waals surface area (Å²) < 4.78 is 0. The predicted octanol–water partition coefficient (Wildman–Crippen LogP) is 2.62. The van der Waals surface area contributed by atoms with Gasteiger partial charge in [-0.05, 0) is 42.9 Å². The zero-order valence-electron chi connectivity index (χ0n) is 6.86. The second kappa shape index (κ2) is 3.31. The predicted molar refractivity (Wildman–Crippen MR) is 54.1 cm³/mol. The third-order valence-corrected chi connectivity index (χ3v) is 4.27. The third kappa shape index (κ3) is 1.53. The molecular formula is C10H12OS. The van der Waals surface area contributed by atoms with Crippen molar-refractivity contribution >= 4 is 15.9 Å². The minimum absolute atomic E-state index is 0.363. The lowest BCUT2D eigenvalue weighted by Crippen LogP contribution is -1.75. The van der Waals surface area contributed by atoms with Crippen molar-refractivity contribution in [3.63, 3.8) is 0 Å². The topological polar surface area (TPSA) is 20.2 Å². The summed E-state index contributed by atoms with van der Waals surface area (Å²) in [6, 6.07) is 7.60. The second-order valence-electron chi connectivity index (χ2n) is 2.94. The van der Waals surface area contributed by atoms with Crippen LogP contribution in [0.5, 0.6) is 5.75 Å². The minimum Gasteiger partial charge on any atom is -0.508 e. The largest absolute Gasteiger partial charge is 0.508 e. The SMILES string of the molecule is Oc1ccc(S2=CCCC2)cc1. The summed E-state index contributed by atoms with van der Waals surface area (Å²) in [4.78, 5) is 1.37. The van der Waals surface area contributed by atoms with Crippen molar-refractivity contribution in [3.05, 3.63) is 24.3 Å². The third-order valence-electron chi connectivity index (χ3n) is 2.03. The normalized spacial score (nSPS) is 22.2. The van der Waals surface area contributed by atoms with Crippen LogP contribution in [0.15, 0.2) is 29.2 Å². The average Bonchev–Trinajstić information content (AvgIpc) is 2.58. The zero-order valence-corrected chi connectivity index (χ0v) is 7.68. The highest BCUT2D eigenvalue weighted by molar-refractivity contribution is 8.15. The van der Waals surface area contributed by atoms with E-state index in [2.05, 4.69) is 5.37 Å². The van der Waals surface area contributed by atoms with E-state index in [4.69, 9.17) is 5.11 Å². The summed E-state index contributed by atoms with van der Waals surface area (Å²) in [6.07, 6.45) is 2.58. The molecule has 64 valence electrons. The molecule has 12 heavy (non-hydrogen) atoms. The van der Waals surface area contributed by atoms with E-state index in [1.54, 1.807) is 12.1 Å². The molecule has 0 amide bonds. The Hall–Kier alpha value is -0.760. The number of hydrogen-bond acceptors (Lipinski definition) is 1. The molecule has 1 atom stereocenters. The molecule has 0 aromatic heterocycles. The summed E-state index contributed by atoms with van der Waals surface area (Å²) >= 11 is 0. The summed E-state index contributed by atoms with van der Waals surface area (Å²) in [5, 5.41) is 11.5. The van der Waals surface area contributed by atoms with Crippen LogP contribution in [0.2, 0.25) is 0 Å². The maximum atomic E-state index is 9.09. The van der Waals surface area contributed by atoms with Gasteiger partial charge in [0.05, 0.1) is 0 Å². The first kappa shape index (κ1) is 7.87. The van der Waals surface area contributed by atoms with Crippen molar-refractivity contribution in [3.8, 4) is 5.75 Å². The summed E-state index contributed by atoms with van der Waals surface area (Å²) in [7, 11) is 0.365. The summed E-state index contributed by atoms with van der Waals surface area (Å²) in [5.41, 5.74) is 0. The Bertz CT molecular complexity index is 300. The molecule has 1 N–H and O–H groups in total. The monoisotopic (exact) mass is 180 g/mol. The van der Waals surface area contributed by atoms with Gasteiger partial charge in [-0.15, -0.1) is 0 Å². The van der Waals surface area contributed by atoms with E-state index in [0.717, 1.165) is 0 Å². The van der Waals surface area contributed by atoms with Gasteiger partial charge in [-0.1, -0.05) is 5.37 Å². The summed E-state index contributed by atoms with van der Waals surface area (Å²) in [6.45, 7) is 0. The van der Waals surface area contributed by atoms with Crippen molar-refractivity contribution in [2.45, 2.75) is 17.7 Å². The van der Waals surface area contributed by atoms with Crippen molar-refractivity contribution in [1.82, 2.24) is 0 Å². The van der Waals surface area contributed by atoms with Crippen LogP contribution in [0.1, 0.15) is 12.8 Å². The Morgan fingerprint density at radius 1 is 1.17 bits per heavy atom. The molecule has 0 radical (unpaired) electrons. The lowest BCUT2D eigenvalue weighted by molar-refractivity contribution is 0.475. The van der Waals surface area contributed by atoms with Crippen LogP contribution < -0.4 is 0 Å². The number of benzene rings is 1. The fourth-order valence-corrected chi connectivity index (χ4v) is 3.39. The molecule has 1 aromatic rings. The van der Waals surface area contributed by atoms with E-state index in [1.807, 2.05) is 12.1 Å². The molecule has 1 heterocycles. The van der Waals surface area contributed by atoms with Gasteiger partial charge >= 0.3 is 0 Å². The molecule has 1 aliphatic rings. The zero-order chi connectivity index (χ0) is 8.39. The average molecular weight is 180 g/mol. The van der Waals surface area contributed by atoms with Gasteiger partial charge < -0.3 is 5.11 Å². The first-order chi connectivity index (χ1) is 5.86. The van der Waals surface area contributed by atoms with Gasteiger partial charge in [0.25, 0.3) is 0 Å². The van der Waals surface area contributed by atoms with E-state index in [-0.39, 0.29) is 0 Å². The van der Waals surface area contributed by atoms with Gasteiger partial charge in [-0.25, -0.2) is 0 Å². The molecule has 2 heteroatoms. The van der Waals surface area contributed by atoms with E-state index in [0.29, 0.717) is 16.2 Å². The molecule has 0 saturated carbocycles. The van der Waals surface area contributed by atoms with Gasteiger partial charge in [0.15, 0.2) is 0 Å². The number of phenols is 1. The number of rotatable bonds is 1. The molecule has 2 rings (SSSR count). The van der Waals surface area contributed by atoms with Crippen molar-refractivity contribution < 1.29 is 5.11 Å². The Morgan fingerprint density at radius 2 is 1.92 bits per heavy atom. The van der Waals surface area contributed by atoms with E-state index < -0.39 is 0 Å². The Balaban J connectivity index is 2.28. The molecule has 1 unspecified atom stereocenters. The van der Waals surface area contributed by atoms with Crippen molar-refractivity contribution in [1.29, 1.82) is 0 Å². The van der Waals surface area contributed by atoms with E-state index in [1.165, 1.54) is 23.5 Å². The van der Waals surface area contributed by atoms with E-state index in [9.17, 15) is 0 Å². The maximum absolute atomic E-state index is 9.09. The molecule has 1 nitrogen and oxygen atoms in total.